The molecule has 2 aliphatic heterocycles. The van der Waals surface area contributed by atoms with E-state index in [1.54, 1.807) is 83.9 Å². The second kappa shape index (κ2) is 28.3. The van der Waals surface area contributed by atoms with E-state index in [0.29, 0.717) is 57.2 Å². The van der Waals surface area contributed by atoms with Gasteiger partial charge in [-0.1, -0.05) is 114 Å². The molecule has 18 nitrogen and oxygen atoms in total. The zero-order valence-electron chi connectivity index (χ0n) is 48.7. The maximum atomic E-state index is 14.3. The molecule has 2 aliphatic rings. The van der Waals surface area contributed by atoms with Crippen LogP contribution in [0.15, 0.2) is 97.1 Å². The first kappa shape index (κ1) is 62.0. The van der Waals surface area contributed by atoms with Crippen molar-refractivity contribution in [3.8, 4) is 0 Å². The van der Waals surface area contributed by atoms with Crippen LogP contribution < -0.4 is 31.9 Å². The van der Waals surface area contributed by atoms with E-state index in [1.807, 2.05) is 102 Å². The third kappa shape index (κ3) is 16.9. The van der Waals surface area contributed by atoms with Crippen LogP contribution in [-0.4, -0.2) is 170 Å². The summed E-state index contributed by atoms with van der Waals surface area (Å²) in [4.78, 5) is 118. The fraction of sp³-hybridized carbons (Fsp3) is 0.516. The number of benzene rings is 4. The van der Waals surface area contributed by atoms with Crippen molar-refractivity contribution in [3.05, 3.63) is 119 Å². The van der Waals surface area contributed by atoms with Gasteiger partial charge in [0.25, 0.3) is 11.8 Å². The Morgan fingerprint density at radius 3 is 1.26 bits per heavy atom. The second-order valence-electron chi connectivity index (χ2n) is 23.6. The van der Waals surface area contributed by atoms with Gasteiger partial charge in [-0.2, -0.15) is 0 Å². The van der Waals surface area contributed by atoms with Crippen LogP contribution in [0.1, 0.15) is 113 Å². The summed E-state index contributed by atoms with van der Waals surface area (Å²) in [5, 5.41) is 18.8. The van der Waals surface area contributed by atoms with Gasteiger partial charge >= 0.3 is 0 Å². The van der Waals surface area contributed by atoms with E-state index >= 15 is 0 Å². The van der Waals surface area contributed by atoms with Crippen molar-refractivity contribution in [2.45, 2.75) is 130 Å². The van der Waals surface area contributed by atoms with Crippen molar-refractivity contribution in [2.24, 2.45) is 10.8 Å². The maximum Gasteiger partial charge on any atom is 0.251 e. The summed E-state index contributed by atoms with van der Waals surface area (Å²) in [6, 6.07) is 26.6. The number of hydrogen-bond acceptors (Lipinski definition) is 10. The third-order valence-electron chi connectivity index (χ3n) is 15.5. The molecule has 0 spiro atoms. The molecule has 80 heavy (non-hydrogen) atoms. The molecule has 0 radical (unpaired) electrons. The van der Waals surface area contributed by atoms with E-state index in [4.69, 9.17) is 0 Å². The molecule has 18 heteroatoms. The van der Waals surface area contributed by atoms with Gasteiger partial charge in [0.1, 0.15) is 12.1 Å². The number of likely N-dealkylation sites (tertiary alicyclic amines) is 2. The Hall–Kier alpha value is -7.18. The molecule has 4 aromatic carbocycles. The number of amides is 8. The van der Waals surface area contributed by atoms with Crippen molar-refractivity contribution in [1.29, 1.82) is 0 Å². The molecule has 6 atom stereocenters. The first-order valence-corrected chi connectivity index (χ1v) is 28.3. The van der Waals surface area contributed by atoms with Gasteiger partial charge in [0, 0.05) is 62.5 Å². The van der Waals surface area contributed by atoms with Crippen LogP contribution in [-0.2, 0) is 41.6 Å². The van der Waals surface area contributed by atoms with E-state index in [0.717, 1.165) is 29.4 Å². The van der Waals surface area contributed by atoms with E-state index in [2.05, 4.69) is 31.9 Å². The van der Waals surface area contributed by atoms with Crippen molar-refractivity contribution in [3.63, 3.8) is 0 Å². The van der Waals surface area contributed by atoms with Crippen molar-refractivity contribution >= 4 is 58.0 Å². The highest BCUT2D eigenvalue weighted by Crippen LogP contribution is 2.29. The van der Waals surface area contributed by atoms with Gasteiger partial charge in [-0.3, -0.25) is 38.4 Å². The molecule has 2 saturated heterocycles. The van der Waals surface area contributed by atoms with Gasteiger partial charge in [-0.25, -0.2) is 0 Å². The van der Waals surface area contributed by atoms with Crippen LogP contribution in [0.4, 0.5) is 0 Å². The maximum absolute atomic E-state index is 14.3. The van der Waals surface area contributed by atoms with Crippen molar-refractivity contribution in [1.82, 2.24) is 51.5 Å². The Morgan fingerprint density at radius 2 is 0.912 bits per heavy atom. The zero-order valence-corrected chi connectivity index (χ0v) is 48.7. The van der Waals surface area contributed by atoms with E-state index < -0.39 is 46.8 Å². The summed E-state index contributed by atoms with van der Waals surface area (Å²) in [6.45, 7) is 16.6. The first-order chi connectivity index (χ1) is 38.0. The lowest BCUT2D eigenvalue weighted by atomic mass is 9.85. The molecule has 432 valence electrons. The molecule has 6 rings (SSSR count). The Morgan fingerprint density at radius 1 is 0.537 bits per heavy atom. The summed E-state index contributed by atoms with van der Waals surface area (Å²) in [5.41, 5.74) is 1.46. The minimum absolute atomic E-state index is 0.195. The Kier molecular flexibility index (Phi) is 21.9. The van der Waals surface area contributed by atoms with Gasteiger partial charge in [-0.15, -0.1) is 0 Å². The molecule has 2 heterocycles. The minimum Gasteiger partial charge on any atom is -0.343 e. The number of likely N-dealkylation sites (N-methyl/N-ethyl adjacent to an activating group) is 2. The smallest absolute Gasteiger partial charge is 0.251 e. The largest absolute Gasteiger partial charge is 0.343 e. The number of carbonyl (C=O) groups is 8. The van der Waals surface area contributed by atoms with Crippen LogP contribution >= 0.6 is 0 Å². The fourth-order valence-corrected chi connectivity index (χ4v) is 10.3. The van der Waals surface area contributed by atoms with Gasteiger partial charge in [0.05, 0.1) is 25.2 Å². The molecule has 0 aromatic heterocycles. The van der Waals surface area contributed by atoms with Crippen LogP contribution in [0.5, 0.6) is 0 Å². The Balaban J connectivity index is 1.11. The standard InChI is InChI=1S/C62H86N10O8/c1-41(63-9)55(75)67-53(61(3,4)5)59(79)71-31-17-23-49(71)39-69(33-29-43-19-13-11-14-20-43)51(73)37-65-57(77)46-27-25-45-26-28-47(36-48(45)35-46)58(78)66-38-52(74)70(34-30-44-21-15-12-16-22-44)40-50-24-18-32-72(50)60(80)54(62(6,7)8)68-56(76)42(2)64-10/h11-16,19-22,25-28,35-36,41-42,49-50,53-54,63-64H,17-18,23-24,29-34,37-40H2,1-10H3,(H,65,77)(H,66,78)(H,67,75)(H,68,76)/t41-,42-,49+,50+,53+,54+/m0/s1. The molecule has 0 unspecified atom stereocenters. The SMILES string of the molecule is CN[C@@H](C)C(=O)N[C@H](C(=O)N1CCC[C@@H]1CN(CCc1ccccc1)C(=O)CNC(=O)c1ccc2ccc(C(=O)NCC(=O)N(CCc3ccccc3)C[C@H]3CCCN3C(=O)[C@@H](NC(=O)[C@H](C)NC)C(C)(C)C)cc2c1)C(C)(C)C. The number of carbonyl (C=O) groups excluding carboxylic acids is 8. The van der Waals surface area contributed by atoms with Gasteiger partial charge < -0.3 is 51.5 Å². The topological polar surface area (TPSA) is 222 Å². The summed E-state index contributed by atoms with van der Waals surface area (Å²) in [5.74, 6) is -2.54. The number of fused-ring (bicyclic) bond motifs is 1. The number of hydrogen-bond donors (Lipinski definition) is 6. The lowest BCUT2D eigenvalue weighted by Crippen LogP contribution is -2.59. The molecule has 8 amide bonds. The minimum atomic E-state index is -0.787. The molecule has 6 N–H and O–H groups in total. The van der Waals surface area contributed by atoms with Crippen molar-refractivity contribution < 1.29 is 38.4 Å². The molecule has 4 aromatic rings. The lowest BCUT2D eigenvalue weighted by Gasteiger charge is -2.37. The van der Waals surface area contributed by atoms with Crippen LogP contribution in [0.25, 0.3) is 10.8 Å². The number of rotatable bonds is 24. The van der Waals surface area contributed by atoms with Crippen molar-refractivity contribution in [2.75, 3.05) is 66.5 Å². The van der Waals surface area contributed by atoms with Gasteiger partial charge in [0.2, 0.25) is 35.4 Å². The molecule has 2 fully saturated rings. The predicted molar refractivity (Wildman–Crippen MR) is 311 cm³/mol. The average Bonchev–Trinajstić information content (AvgIpc) is 4.13. The monoisotopic (exact) mass is 1100 g/mol. The molecular weight excluding hydrogens is 1010 g/mol. The van der Waals surface area contributed by atoms with Gasteiger partial charge in [-0.05, 0) is 123 Å². The molecule has 0 saturated carbocycles. The third-order valence-corrected chi connectivity index (χ3v) is 15.5. The summed E-state index contributed by atoms with van der Waals surface area (Å²) >= 11 is 0. The van der Waals surface area contributed by atoms with E-state index in [9.17, 15) is 38.4 Å². The highest BCUT2D eigenvalue weighted by molar-refractivity contribution is 6.03. The zero-order chi connectivity index (χ0) is 58.3. The fourth-order valence-electron chi connectivity index (χ4n) is 10.3. The quantitative estimate of drug-likeness (QED) is 0.0568. The highest BCUT2D eigenvalue weighted by atomic mass is 16.2. The van der Waals surface area contributed by atoms with E-state index in [1.165, 1.54) is 0 Å². The van der Waals surface area contributed by atoms with Crippen LogP contribution in [0.3, 0.4) is 0 Å². The number of nitrogens with one attached hydrogen (secondary N) is 6. The summed E-state index contributed by atoms with van der Waals surface area (Å²) in [7, 11) is 3.38. The highest BCUT2D eigenvalue weighted by Gasteiger charge is 2.42. The second-order valence-corrected chi connectivity index (χ2v) is 23.6. The molecule has 0 bridgehead atoms. The van der Waals surface area contributed by atoms with Crippen LogP contribution in [0.2, 0.25) is 0 Å². The molecule has 0 aliphatic carbocycles. The average molecular weight is 1100 g/mol. The van der Waals surface area contributed by atoms with E-state index in [-0.39, 0.29) is 84.8 Å². The summed E-state index contributed by atoms with van der Waals surface area (Å²) < 4.78 is 0. The predicted octanol–water partition coefficient (Wildman–Crippen LogP) is 4.70. The normalized spacial score (nSPS) is 17.0. The molecular formula is C62H86N10O8. The Bertz CT molecular complexity index is 2610. The summed E-state index contributed by atoms with van der Waals surface area (Å²) in [6.07, 6.45) is 3.96. The number of nitrogens with zero attached hydrogens (tertiary/aromatic N) is 4. The Labute approximate surface area is 472 Å². The van der Waals surface area contributed by atoms with Gasteiger partial charge in [0.15, 0.2) is 0 Å². The first-order valence-electron chi connectivity index (χ1n) is 28.3. The van der Waals surface area contributed by atoms with Crippen LogP contribution in [0, 0.1) is 10.8 Å². The lowest BCUT2D eigenvalue weighted by molar-refractivity contribution is -0.142.